The average molecular weight is 784 g/mol. The topological polar surface area (TPSA) is 162 Å². The van der Waals surface area contributed by atoms with Crippen LogP contribution in [-0.4, -0.2) is 95.0 Å². The monoisotopic (exact) mass is 782 g/mol. The third-order valence-corrected chi connectivity index (χ3v) is 10.9. The van der Waals surface area contributed by atoms with Gasteiger partial charge in [0.05, 0.1) is 31.1 Å². The molecule has 280 valence electrons. The molecule has 0 bridgehead atoms. The van der Waals surface area contributed by atoms with Crippen LogP contribution in [0, 0.1) is 5.92 Å². The predicted molar refractivity (Wildman–Crippen MR) is 194 cm³/mol. The molecule has 5 atom stereocenters. The van der Waals surface area contributed by atoms with Crippen molar-refractivity contribution in [2.24, 2.45) is 5.92 Å². The van der Waals surface area contributed by atoms with Crippen LogP contribution in [0.1, 0.15) is 88.0 Å². The number of aromatic nitrogens is 1. The van der Waals surface area contributed by atoms with E-state index in [0.29, 0.717) is 41.7 Å². The number of hydrogen-bond donors (Lipinski definition) is 2. The number of pyridine rings is 1. The molecule has 2 aromatic rings. The Bertz CT molecular complexity index is 1710. The van der Waals surface area contributed by atoms with Gasteiger partial charge in [-0.2, -0.15) is 0 Å². The molecular formula is C38H47BrN4O9. The fraction of sp³-hybridized carbons (Fsp3) is 0.579. The van der Waals surface area contributed by atoms with Gasteiger partial charge >= 0.3 is 12.1 Å². The fourth-order valence-electron chi connectivity index (χ4n) is 7.52. The molecule has 1 aromatic heterocycles. The number of alkyl carbamates (subject to hydrolysis) is 1. The summed E-state index contributed by atoms with van der Waals surface area (Å²) in [6.45, 7) is 1.90. The highest BCUT2D eigenvalue weighted by Crippen LogP contribution is 2.46. The van der Waals surface area contributed by atoms with Crippen molar-refractivity contribution in [1.82, 2.24) is 20.5 Å². The third-order valence-electron chi connectivity index (χ3n) is 10.4. The van der Waals surface area contributed by atoms with Crippen molar-refractivity contribution in [1.29, 1.82) is 0 Å². The first kappa shape index (κ1) is 37.6. The van der Waals surface area contributed by atoms with Crippen LogP contribution in [0.4, 0.5) is 4.79 Å². The van der Waals surface area contributed by atoms with Gasteiger partial charge in [0.1, 0.15) is 47.0 Å². The van der Waals surface area contributed by atoms with Gasteiger partial charge in [0.2, 0.25) is 11.8 Å². The van der Waals surface area contributed by atoms with Crippen LogP contribution in [0.15, 0.2) is 36.4 Å². The normalized spacial score (nSPS) is 27.3. The van der Waals surface area contributed by atoms with Gasteiger partial charge in [0.15, 0.2) is 5.78 Å². The van der Waals surface area contributed by atoms with Gasteiger partial charge in [-0.05, 0) is 70.4 Å². The number of halogens is 1. The van der Waals surface area contributed by atoms with Crippen molar-refractivity contribution in [3.05, 3.63) is 42.1 Å². The highest BCUT2D eigenvalue weighted by Gasteiger charge is 2.62. The lowest BCUT2D eigenvalue weighted by Crippen LogP contribution is -2.56. The van der Waals surface area contributed by atoms with E-state index in [1.54, 1.807) is 31.2 Å². The molecule has 14 heteroatoms. The number of carbonyl (C=O) groups is 5. The lowest BCUT2D eigenvalue weighted by molar-refractivity contribution is -0.150. The Kier molecular flexibility index (Phi) is 12.0. The minimum atomic E-state index is -1.23. The standard InChI is InChI=1S/C38H47BrN4O9/c1-3-50-36(47)38-20-23(38)11-7-5-4-6-8-14-28(41-37(48)52-24-12-9-10-13-24)35(46)43-22-26(18-31(43)34(45)42-38)51-33-19-30(32(44)21-39)40-29-17-25(49-2)15-16-27(29)33/h7,11,15-17,19,23-24,26,28,31H,3-6,8-10,12-14,18,20-22H2,1-2H3,(H,41,48)(H,42,45)/b11-7-/t23?,26-,28+,31+,38-/m1/s1. The molecule has 3 amide bonds. The molecule has 3 heterocycles. The lowest BCUT2D eigenvalue weighted by Gasteiger charge is -2.29. The smallest absolute Gasteiger partial charge is 0.408 e. The number of rotatable bonds is 9. The van der Waals surface area contributed by atoms with Gasteiger partial charge in [0.25, 0.3) is 0 Å². The zero-order valence-electron chi connectivity index (χ0n) is 29.7. The van der Waals surface area contributed by atoms with Crippen LogP contribution in [0.25, 0.3) is 10.9 Å². The number of nitrogens with zero attached hydrogens (tertiary/aromatic N) is 2. The summed E-state index contributed by atoms with van der Waals surface area (Å²) in [5, 5.41) is 6.48. The lowest BCUT2D eigenvalue weighted by atomic mass is 10.0. The van der Waals surface area contributed by atoms with E-state index in [-0.39, 0.29) is 48.4 Å². The van der Waals surface area contributed by atoms with Crippen LogP contribution in [0.3, 0.4) is 0 Å². The first-order chi connectivity index (χ1) is 25.1. The number of Topliss-reactive ketones (excluding diaryl/α,β-unsaturated/α-hetero) is 1. The highest BCUT2D eigenvalue weighted by molar-refractivity contribution is 9.09. The summed E-state index contributed by atoms with van der Waals surface area (Å²) in [5.74, 6) is -1.02. The van der Waals surface area contributed by atoms with Crippen LogP contribution in [0.5, 0.6) is 11.5 Å². The molecule has 13 nitrogen and oxygen atoms in total. The van der Waals surface area contributed by atoms with E-state index < -0.39 is 47.6 Å². The maximum atomic E-state index is 14.5. The Labute approximate surface area is 311 Å². The van der Waals surface area contributed by atoms with Crippen molar-refractivity contribution in [2.45, 2.75) is 107 Å². The Balaban J connectivity index is 1.32. The van der Waals surface area contributed by atoms with Gasteiger partial charge in [-0.3, -0.25) is 14.4 Å². The molecule has 1 unspecified atom stereocenters. The molecule has 1 saturated heterocycles. The number of ketones is 1. The molecular weight excluding hydrogens is 736 g/mol. The summed E-state index contributed by atoms with van der Waals surface area (Å²) in [6, 6.07) is 4.86. The second kappa shape index (κ2) is 16.6. The highest BCUT2D eigenvalue weighted by atomic mass is 79.9. The average Bonchev–Trinajstić information content (AvgIpc) is 3.41. The zero-order chi connectivity index (χ0) is 36.8. The number of esters is 1. The van der Waals surface area contributed by atoms with E-state index in [0.717, 1.165) is 44.9 Å². The van der Waals surface area contributed by atoms with E-state index in [1.165, 1.54) is 12.0 Å². The number of ether oxygens (including phenoxy) is 4. The second-order valence-corrected chi connectivity index (χ2v) is 14.6. The van der Waals surface area contributed by atoms with Crippen molar-refractivity contribution >= 4 is 56.5 Å². The van der Waals surface area contributed by atoms with Gasteiger partial charge in [0, 0.05) is 29.9 Å². The number of fused-ring (bicyclic) bond motifs is 3. The molecule has 0 radical (unpaired) electrons. The number of hydrogen-bond acceptors (Lipinski definition) is 10. The second-order valence-electron chi connectivity index (χ2n) is 14.0. The summed E-state index contributed by atoms with van der Waals surface area (Å²) in [7, 11) is 1.54. The van der Waals surface area contributed by atoms with Crippen molar-refractivity contribution in [3.63, 3.8) is 0 Å². The molecule has 4 aliphatic rings. The molecule has 2 N–H and O–H groups in total. The number of benzene rings is 1. The van der Waals surface area contributed by atoms with E-state index in [1.807, 2.05) is 12.2 Å². The number of allylic oxidation sites excluding steroid dienone is 1. The Morgan fingerprint density at radius 1 is 1.06 bits per heavy atom. The third kappa shape index (κ3) is 8.37. The molecule has 2 aliphatic heterocycles. The van der Waals surface area contributed by atoms with Crippen LogP contribution in [-0.2, 0) is 23.9 Å². The van der Waals surface area contributed by atoms with Gasteiger partial charge in [-0.1, -0.05) is 40.9 Å². The summed E-state index contributed by atoms with van der Waals surface area (Å²) >= 11 is 3.22. The predicted octanol–water partition coefficient (Wildman–Crippen LogP) is 5.17. The maximum absolute atomic E-state index is 14.5. The molecule has 6 rings (SSSR count). The maximum Gasteiger partial charge on any atom is 0.408 e. The Morgan fingerprint density at radius 2 is 1.85 bits per heavy atom. The zero-order valence-corrected chi connectivity index (χ0v) is 31.3. The minimum absolute atomic E-state index is 0.0181. The van der Waals surface area contributed by atoms with E-state index in [2.05, 4.69) is 31.5 Å². The Hall–Kier alpha value is -4.20. The van der Waals surface area contributed by atoms with Gasteiger partial charge < -0.3 is 34.5 Å². The summed E-state index contributed by atoms with van der Waals surface area (Å²) in [5.41, 5.74) is -0.563. The number of carbonyl (C=O) groups excluding carboxylic acids is 5. The van der Waals surface area contributed by atoms with E-state index in [4.69, 9.17) is 18.9 Å². The largest absolute Gasteiger partial charge is 0.497 e. The Morgan fingerprint density at radius 3 is 2.60 bits per heavy atom. The van der Waals surface area contributed by atoms with Crippen LogP contribution >= 0.6 is 15.9 Å². The quantitative estimate of drug-likeness (QED) is 0.150. The molecule has 2 aliphatic carbocycles. The van der Waals surface area contributed by atoms with E-state index in [9.17, 15) is 24.0 Å². The van der Waals surface area contributed by atoms with Crippen molar-refractivity contribution in [2.75, 3.05) is 25.6 Å². The van der Waals surface area contributed by atoms with E-state index >= 15 is 0 Å². The molecule has 0 spiro atoms. The number of methoxy groups -OCH3 is 1. The van der Waals surface area contributed by atoms with Gasteiger partial charge in [-0.25, -0.2) is 14.6 Å². The van der Waals surface area contributed by atoms with Crippen LogP contribution < -0.4 is 20.1 Å². The first-order valence-corrected chi connectivity index (χ1v) is 19.5. The minimum Gasteiger partial charge on any atom is -0.497 e. The molecule has 3 fully saturated rings. The summed E-state index contributed by atoms with van der Waals surface area (Å²) in [4.78, 5) is 73.9. The first-order valence-electron chi connectivity index (χ1n) is 18.3. The SMILES string of the molecule is CCOC(=O)[C@@]12CC1/C=C\CCCCC[C@H](NC(=O)OC1CCCC1)C(=O)N1C[C@H](Oc3cc(C(=O)CBr)nc4cc(OC)ccc34)C[C@H]1C(=O)N2. The molecule has 1 aromatic carbocycles. The fourth-order valence-corrected chi connectivity index (χ4v) is 7.81. The summed E-state index contributed by atoms with van der Waals surface area (Å²) < 4.78 is 23.0. The van der Waals surface area contributed by atoms with Crippen LogP contribution in [0.2, 0.25) is 0 Å². The van der Waals surface area contributed by atoms with Gasteiger partial charge in [-0.15, -0.1) is 0 Å². The van der Waals surface area contributed by atoms with Crippen molar-refractivity contribution < 1.29 is 42.9 Å². The molecule has 52 heavy (non-hydrogen) atoms. The molecule has 2 saturated carbocycles. The van der Waals surface area contributed by atoms with Crippen molar-refractivity contribution in [3.8, 4) is 11.5 Å². The number of amides is 3. The summed E-state index contributed by atoms with van der Waals surface area (Å²) in [6.07, 6.45) is 10.0. The number of alkyl halides is 1. The number of nitrogens with one attached hydrogen (secondary N) is 2.